The lowest BCUT2D eigenvalue weighted by molar-refractivity contribution is -0.911. The Morgan fingerprint density at radius 2 is 2.12 bits per heavy atom. The number of halogens is 1. The molecule has 2 N–H and O–H groups in total. The Balaban J connectivity index is 2.07. The van der Waals surface area contributed by atoms with Crippen LogP contribution in [0.3, 0.4) is 0 Å². The quantitative estimate of drug-likeness (QED) is 0.643. The number of hydrogen-bond donors (Lipinski definition) is 2. The third-order valence-corrected chi connectivity index (χ3v) is 3.97. The van der Waals surface area contributed by atoms with Gasteiger partial charge < -0.3 is 19.3 Å². The molecule has 2 rings (SSSR count). The number of hydrogen-bond acceptors (Lipinski definition) is 2. The number of methoxy groups -OCH3 is 1. The van der Waals surface area contributed by atoms with Crippen LogP contribution in [-0.4, -0.2) is 42.6 Å². The zero-order valence-corrected chi connectivity index (χ0v) is 14.1. The molecule has 0 aliphatic carbocycles. The predicted molar refractivity (Wildman–Crippen MR) is 92.4 cm³/mol. The van der Waals surface area contributed by atoms with Crippen LogP contribution in [0.4, 0.5) is 4.39 Å². The number of ether oxygens (including phenoxy) is 1. The summed E-state index contributed by atoms with van der Waals surface area (Å²) in [5.74, 6) is -0.192. The molecule has 0 aliphatic heterocycles. The van der Waals surface area contributed by atoms with E-state index in [1.54, 1.807) is 19.2 Å². The first-order valence-corrected chi connectivity index (χ1v) is 8.13. The van der Waals surface area contributed by atoms with Crippen molar-refractivity contribution in [2.45, 2.75) is 19.2 Å². The summed E-state index contributed by atoms with van der Waals surface area (Å²) in [6.07, 6.45) is 3.29. The first-order chi connectivity index (χ1) is 11.6. The van der Waals surface area contributed by atoms with Crippen molar-refractivity contribution < 1.29 is 19.1 Å². The fourth-order valence-electron chi connectivity index (χ4n) is 2.85. The first-order valence-electron chi connectivity index (χ1n) is 8.13. The van der Waals surface area contributed by atoms with Gasteiger partial charge in [-0.2, -0.15) is 0 Å². The smallest absolute Gasteiger partial charge is 0.128 e. The molecule has 130 valence electrons. The minimum atomic E-state index is -0.514. The second-order valence-corrected chi connectivity index (χ2v) is 5.95. The maximum Gasteiger partial charge on any atom is 0.128 e. The van der Waals surface area contributed by atoms with Gasteiger partial charge in [0.15, 0.2) is 0 Å². The molecule has 4 nitrogen and oxygen atoms in total. The summed E-state index contributed by atoms with van der Waals surface area (Å²) in [7, 11) is 1.58. The molecule has 0 fully saturated rings. The number of quaternary nitrogens is 1. The van der Waals surface area contributed by atoms with Crippen molar-refractivity contribution in [1.29, 1.82) is 0 Å². The Bertz CT molecular complexity index is 642. The minimum absolute atomic E-state index is 0.192. The Morgan fingerprint density at radius 1 is 1.33 bits per heavy atom. The van der Waals surface area contributed by atoms with Crippen LogP contribution >= 0.6 is 0 Å². The van der Waals surface area contributed by atoms with E-state index in [1.807, 2.05) is 35.0 Å². The normalized spacial score (nSPS) is 13.6. The van der Waals surface area contributed by atoms with E-state index < -0.39 is 6.10 Å². The molecule has 5 heteroatoms. The molecule has 0 bridgehead atoms. The predicted octanol–water partition coefficient (Wildman–Crippen LogP) is 1.25. The molecule has 2 atom stereocenters. The average Bonchev–Trinajstić information content (AvgIpc) is 2.97. The van der Waals surface area contributed by atoms with E-state index in [1.165, 1.54) is 11.0 Å². The van der Waals surface area contributed by atoms with E-state index in [-0.39, 0.29) is 5.82 Å². The molecule has 0 radical (unpaired) electrons. The molecule has 1 unspecified atom stereocenters. The van der Waals surface area contributed by atoms with E-state index in [9.17, 15) is 9.50 Å². The van der Waals surface area contributed by atoms with E-state index in [0.29, 0.717) is 25.3 Å². The highest BCUT2D eigenvalue weighted by Crippen LogP contribution is 2.11. The highest BCUT2D eigenvalue weighted by molar-refractivity contribution is 5.19. The monoisotopic (exact) mass is 333 g/mol. The van der Waals surface area contributed by atoms with Crippen LogP contribution in [0.15, 0.2) is 55.3 Å². The lowest BCUT2D eigenvalue weighted by Crippen LogP contribution is -3.11. The van der Waals surface area contributed by atoms with Gasteiger partial charge in [0.05, 0.1) is 25.4 Å². The maximum absolute atomic E-state index is 13.9. The molecule has 1 heterocycles. The van der Waals surface area contributed by atoms with Crippen molar-refractivity contribution >= 4 is 0 Å². The van der Waals surface area contributed by atoms with Gasteiger partial charge in [0, 0.05) is 18.9 Å². The van der Waals surface area contributed by atoms with Gasteiger partial charge in [0.1, 0.15) is 25.0 Å². The molecule has 0 aliphatic rings. The fourth-order valence-corrected chi connectivity index (χ4v) is 2.85. The van der Waals surface area contributed by atoms with Crippen molar-refractivity contribution in [3.8, 4) is 0 Å². The van der Waals surface area contributed by atoms with Gasteiger partial charge in [-0.15, -0.1) is 0 Å². The number of rotatable bonds is 10. The Kier molecular flexibility index (Phi) is 7.18. The molecule has 0 saturated carbocycles. The number of aromatic nitrogens is 1. The molecule has 0 amide bonds. The molecule has 2 aromatic rings. The summed E-state index contributed by atoms with van der Waals surface area (Å²) >= 11 is 0. The molecule has 24 heavy (non-hydrogen) atoms. The van der Waals surface area contributed by atoms with Crippen LogP contribution in [0.25, 0.3) is 0 Å². The number of aliphatic hydroxyl groups excluding tert-OH is 1. The van der Waals surface area contributed by atoms with Gasteiger partial charge in [-0.1, -0.05) is 24.8 Å². The lowest BCUT2D eigenvalue weighted by Gasteiger charge is -2.21. The summed E-state index contributed by atoms with van der Waals surface area (Å²) in [5, 5.41) is 9.98. The Hall–Kier alpha value is -1.95. The summed E-state index contributed by atoms with van der Waals surface area (Å²) in [4.78, 5) is 1.18. The molecular formula is C19H26FN2O2+. The van der Waals surface area contributed by atoms with Crippen molar-refractivity contribution in [3.05, 3.63) is 72.3 Å². The van der Waals surface area contributed by atoms with Gasteiger partial charge in [-0.25, -0.2) is 4.39 Å². The van der Waals surface area contributed by atoms with Crippen LogP contribution in [0.1, 0.15) is 11.3 Å². The zero-order chi connectivity index (χ0) is 17.4. The summed E-state index contributed by atoms with van der Waals surface area (Å²) in [6, 6.07) is 10.8. The van der Waals surface area contributed by atoms with Crippen LogP contribution < -0.4 is 4.90 Å². The van der Waals surface area contributed by atoms with E-state index in [0.717, 1.165) is 18.8 Å². The maximum atomic E-state index is 13.9. The standard InChI is InChI=1S/C19H25FN2O2/c1-3-10-21(14-18(23)15-24-2)13-17-8-6-11-22(17)12-16-7-4-5-9-19(16)20/h3-9,11,18,23H,1,10,12-15H2,2H3/p+1/t18-/m1/s1. The third-order valence-electron chi connectivity index (χ3n) is 3.97. The molecule has 1 aromatic carbocycles. The van der Waals surface area contributed by atoms with Crippen LogP contribution in [0.2, 0.25) is 0 Å². The van der Waals surface area contributed by atoms with Crippen LogP contribution in [0.5, 0.6) is 0 Å². The van der Waals surface area contributed by atoms with Crippen molar-refractivity contribution in [2.24, 2.45) is 0 Å². The third kappa shape index (κ3) is 5.30. The van der Waals surface area contributed by atoms with Crippen LogP contribution in [-0.2, 0) is 17.8 Å². The Morgan fingerprint density at radius 3 is 2.83 bits per heavy atom. The number of benzene rings is 1. The van der Waals surface area contributed by atoms with Crippen molar-refractivity contribution in [2.75, 3.05) is 26.8 Å². The van der Waals surface area contributed by atoms with E-state index in [4.69, 9.17) is 4.74 Å². The lowest BCUT2D eigenvalue weighted by atomic mass is 10.2. The summed E-state index contributed by atoms with van der Waals surface area (Å²) in [6.45, 7) is 6.65. The zero-order valence-electron chi connectivity index (χ0n) is 14.1. The van der Waals surface area contributed by atoms with Gasteiger partial charge in [-0.05, 0) is 24.3 Å². The van der Waals surface area contributed by atoms with Crippen molar-refractivity contribution in [3.63, 3.8) is 0 Å². The minimum Gasteiger partial charge on any atom is -0.385 e. The number of nitrogens with zero attached hydrogens (tertiary/aromatic N) is 1. The highest BCUT2D eigenvalue weighted by Gasteiger charge is 2.16. The second kappa shape index (κ2) is 9.37. The Labute approximate surface area is 142 Å². The van der Waals surface area contributed by atoms with Gasteiger partial charge in [0.25, 0.3) is 0 Å². The molecule has 0 spiro atoms. The van der Waals surface area contributed by atoms with Gasteiger partial charge >= 0.3 is 0 Å². The number of aliphatic hydroxyl groups is 1. The van der Waals surface area contributed by atoms with Crippen molar-refractivity contribution in [1.82, 2.24) is 4.57 Å². The fraction of sp³-hybridized carbons (Fsp3) is 0.368. The molecule has 0 saturated heterocycles. The van der Waals surface area contributed by atoms with Gasteiger partial charge in [0.2, 0.25) is 0 Å². The van der Waals surface area contributed by atoms with Crippen LogP contribution in [0, 0.1) is 5.82 Å². The SMILES string of the molecule is C=CC[NH+](Cc1cccn1Cc1ccccc1F)C[C@@H](O)COC. The molecule has 1 aromatic heterocycles. The average molecular weight is 333 g/mol. The largest absolute Gasteiger partial charge is 0.385 e. The second-order valence-electron chi connectivity index (χ2n) is 5.95. The van der Waals surface area contributed by atoms with Gasteiger partial charge in [-0.3, -0.25) is 0 Å². The number of nitrogens with one attached hydrogen (secondary N) is 1. The van der Waals surface area contributed by atoms with E-state index in [2.05, 4.69) is 6.58 Å². The first kappa shape index (κ1) is 18.4. The molecular weight excluding hydrogens is 307 g/mol. The highest BCUT2D eigenvalue weighted by atomic mass is 19.1. The summed E-state index contributed by atoms with van der Waals surface area (Å²) < 4.78 is 20.9. The summed E-state index contributed by atoms with van der Waals surface area (Å²) in [5.41, 5.74) is 1.76. The van der Waals surface area contributed by atoms with E-state index >= 15 is 0 Å². The topological polar surface area (TPSA) is 38.8 Å².